The summed E-state index contributed by atoms with van der Waals surface area (Å²) in [6.07, 6.45) is 1.84. The first-order chi connectivity index (χ1) is 9.76. The van der Waals surface area contributed by atoms with E-state index in [0.717, 1.165) is 47.7 Å². The maximum absolute atomic E-state index is 6.00. The summed E-state index contributed by atoms with van der Waals surface area (Å²) in [5.41, 5.74) is 9.13. The normalized spacial score (nSPS) is 11.3. The lowest BCUT2D eigenvalue weighted by atomic mass is 10.1. The molecular formula is C16H23N3S. The van der Waals surface area contributed by atoms with Crippen molar-refractivity contribution in [2.75, 3.05) is 31.1 Å². The summed E-state index contributed by atoms with van der Waals surface area (Å²) in [7, 11) is 0. The summed E-state index contributed by atoms with van der Waals surface area (Å²) in [6, 6.07) is 8.08. The average Bonchev–Trinajstić information content (AvgIpc) is 2.50. The van der Waals surface area contributed by atoms with E-state index < -0.39 is 0 Å². The Morgan fingerprint density at radius 1 is 1.20 bits per heavy atom. The molecule has 2 aromatic rings. The standard InChI is InChI=1S/C16H23N3S/c1-3-19(4-2)10-11-20-12-13-7-8-15(17)14-6-5-9-18-16(13)14/h5-9H,3-4,10-12,17H2,1-2H3. The van der Waals surface area contributed by atoms with Crippen LogP contribution in [0.5, 0.6) is 0 Å². The highest BCUT2D eigenvalue weighted by molar-refractivity contribution is 7.98. The SMILES string of the molecule is CCN(CC)CCSCc1ccc(N)c2cccnc12. The summed E-state index contributed by atoms with van der Waals surface area (Å²) < 4.78 is 0. The van der Waals surface area contributed by atoms with Gasteiger partial charge in [0.2, 0.25) is 0 Å². The van der Waals surface area contributed by atoms with E-state index in [1.54, 1.807) is 0 Å². The fourth-order valence-corrected chi connectivity index (χ4v) is 3.27. The second kappa shape index (κ2) is 7.50. The molecule has 0 unspecified atom stereocenters. The largest absolute Gasteiger partial charge is 0.398 e. The Labute approximate surface area is 125 Å². The van der Waals surface area contributed by atoms with E-state index in [-0.39, 0.29) is 0 Å². The predicted octanol–water partition coefficient (Wildman–Crippen LogP) is 3.39. The van der Waals surface area contributed by atoms with Crippen LogP contribution in [0.4, 0.5) is 5.69 Å². The number of benzene rings is 1. The molecule has 108 valence electrons. The summed E-state index contributed by atoms with van der Waals surface area (Å²) >= 11 is 1.96. The minimum atomic E-state index is 0.810. The van der Waals surface area contributed by atoms with Crippen LogP contribution < -0.4 is 5.73 Å². The van der Waals surface area contributed by atoms with Crippen molar-refractivity contribution in [3.8, 4) is 0 Å². The van der Waals surface area contributed by atoms with Gasteiger partial charge >= 0.3 is 0 Å². The predicted molar refractivity (Wildman–Crippen MR) is 90.1 cm³/mol. The van der Waals surface area contributed by atoms with Crippen molar-refractivity contribution in [2.24, 2.45) is 0 Å². The molecule has 2 rings (SSSR count). The van der Waals surface area contributed by atoms with Gasteiger partial charge in [-0.1, -0.05) is 19.9 Å². The molecule has 2 N–H and O–H groups in total. The molecule has 4 heteroatoms. The minimum absolute atomic E-state index is 0.810. The Morgan fingerprint density at radius 2 is 2.00 bits per heavy atom. The highest BCUT2D eigenvalue weighted by Gasteiger charge is 2.05. The molecule has 0 bridgehead atoms. The smallest absolute Gasteiger partial charge is 0.0763 e. The van der Waals surface area contributed by atoms with Gasteiger partial charge < -0.3 is 10.6 Å². The zero-order valence-corrected chi connectivity index (χ0v) is 13.1. The molecule has 0 saturated heterocycles. The van der Waals surface area contributed by atoms with E-state index in [0.29, 0.717) is 0 Å². The molecule has 0 atom stereocenters. The van der Waals surface area contributed by atoms with Gasteiger partial charge in [-0.15, -0.1) is 0 Å². The van der Waals surface area contributed by atoms with Gasteiger partial charge in [0.25, 0.3) is 0 Å². The Balaban J connectivity index is 1.98. The molecule has 0 amide bonds. The summed E-state index contributed by atoms with van der Waals surface area (Å²) in [4.78, 5) is 6.94. The number of pyridine rings is 1. The lowest BCUT2D eigenvalue weighted by Crippen LogP contribution is -2.25. The Bertz CT molecular complexity index is 552. The fourth-order valence-electron chi connectivity index (χ4n) is 2.29. The van der Waals surface area contributed by atoms with Crippen molar-refractivity contribution in [1.29, 1.82) is 0 Å². The van der Waals surface area contributed by atoms with Gasteiger partial charge in [-0.2, -0.15) is 11.8 Å². The maximum Gasteiger partial charge on any atom is 0.0763 e. The van der Waals surface area contributed by atoms with Crippen LogP contribution in [0.1, 0.15) is 19.4 Å². The molecule has 1 aromatic carbocycles. The molecule has 0 radical (unpaired) electrons. The van der Waals surface area contributed by atoms with Gasteiger partial charge in [-0.3, -0.25) is 4.98 Å². The highest BCUT2D eigenvalue weighted by atomic mass is 32.2. The number of fused-ring (bicyclic) bond motifs is 1. The van der Waals surface area contributed by atoms with Crippen molar-refractivity contribution in [2.45, 2.75) is 19.6 Å². The van der Waals surface area contributed by atoms with Gasteiger partial charge in [-0.05, 0) is 36.9 Å². The first-order valence-electron chi connectivity index (χ1n) is 7.18. The first kappa shape index (κ1) is 15.1. The van der Waals surface area contributed by atoms with Gasteiger partial charge in [0, 0.05) is 35.3 Å². The third-order valence-corrected chi connectivity index (χ3v) is 4.58. The summed E-state index contributed by atoms with van der Waals surface area (Å²) in [5.74, 6) is 2.15. The zero-order chi connectivity index (χ0) is 14.4. The Hall–Kier alpha value is -1.26. The van der Waals surface area contributed by atoms with Crippen LogP contribution in [0.3, 0.4) is 0 Å². The monoisotopic (exact) mass is 289 g/mol. The Kier molecular flexibility index (Phi) is 5.68. The lowest BCUT2D eigenvalue weighted by molar-refractivity contribution is 0.324. The van der Waals surface area contributed by atoms with Crippen LogP contribution in [0.15, 0.2) is 30.5 Å². The number of nitrogens with two attached hydrogens (primary N) is 1. The zero-order valence-electron chi connectivity index (χ0n) is 12.3. The number of rotatable bonds is 7. The molecule has 0 aliphatic rings. The minimum Gasteiger partial charge on any atom is -0.398 e. The van der Waals surface area contributed by atoms with Crippen LogP contribution in [0, 0.1) is 0 Å². The number of nitrogen functional groups attached to an aromatic ring is 1. The number of hydrogen-bond donors (Lipinski definition) is 1. The number of aromatic nitrogens is 1. The van der Waals surface area contributed by atoms with Crippen molar-refractivity contribution < 1.29 is 0 Å². The fraction of sp³-hybridized carbons (Fsp3) is 0.438. The van der Waals surface area contributed by atoms with Gasteiger partial charge in [0.05, 0.1) is 5.52 Å². The highest BCUT2D eigenvalue weighted by Crippen LogP contribution is 2.25. The number of hydrogen-bond acceptors (Lipinski definition) is 4. The third-order valence-electron chi connectivity index (χ3n) is 3.59. The number of anilines is 1. The van der Waals surface area contributed by atoms with Crippen LogP contribution in [-0.2, 0) is 5.75 Å². The Morgan fingerprint density at radius 3 is 2.75 bits per heavy atom. The molecule has 0 fully saturated rings. The van der Waals surface area contributed by atoms with E-state index in [2.05, 4.69) is 29.8 Å². The van der Waals surface area contributed by atoms with E-state index in [4.69, 9.17) is 5.73 Å². The first-order valence-corrected chi connectivity index (χ1v) is 8.34. The third kappa shape index (κ3) is 3.64. The van der Waals surface area contributed by atoms with Crippen LogP contribution in [0.25, 0.3) is 10.9 Å². The van der Waals surface area contributed by atoms with Gasteiger partial charge in [0.15, 0.2) is 0 Å². The van der Waals surface area contributed by atoms with E-state index >= 15 is 0 Å². The van der Waals surface area contributed by atoms with E-state index in [9.17, 15) is 0 Å². The molecule has 1 heterocycles. The van der Waals surface area contributed by atoms with Crippen molar-refractivity contribution >= 4 is 28.4 Å². The molecule has 0 saturated carbocycles. The average molecular weight is 289 g/mol. The second-order valence-corrected chi connectivity index (χ2v) is 5.90. The van der Waals surface area contributed by atoms with Crippen molar-refractivity contribution in [3.63, 3.8) is 0 Å². The molecule has 1 aromatic heterocycles. The summed E-state index contributed by atoms with van der Waals surface area (Å²) in [5, 5.41) is 1.06. The van der Waals surface area contributed by atoms with E-state index in [1.165, 1.54) is 5.56 Å². The molecule has 0 spiro atoms. The topological polar surface area (TPSA) is 42.1 Å². The second-order valence-electron chi connectivity index (χ2n) is 4.79. The van der Waals surface area contributed by atoms with Crippen molar-refractivity contribution in [1.82, 2.24) is 9.88 Å². The van der Waals surface area contributed by atoms with Crippen LogP contribution in [0.2, 0.25) is 0 Å². The quantitative estimate of drug-likeness (QED) is 0.626. The van der Waals surface area contributed by atoms with Gasteiger partial charge in [-0.25, -0.2) is 0 Å². The summed E-state index contributed by atoms with van der Waals surface area (Å²) in [6.45, 7) is 7.84. The molecular weight excluding hydrogens is 266 g/mol. The molecule has 0 aliphatic heterocycles. The van der Waals surface area contributed by atoms with Crippen LogP contribution in [-0.4, -0.2) is 35.3 Å². The van der Waals surface area contributed by atoms with E-state index in [1.807, 2.05) is 36.2 Å². The lowest BCUT2D eigenvalue weighted by Gasteiger charge is -2.17. The maximum atomic E-state index is 6.00. The molecule has 20 heavy (non-hydrogen) atoms. The number of thioether (sulfide) groups is 1. The van der Waals surface area contributed by atoms with Crippen molar-refractivity contribution in [3.05, 3.63) is 36.0 Å². The molecule has 3 nitrogen and oxygen atoms in total. The van der Waals surface area contributed by atoms with Crippen LogP contribution >= 0.6 is 11.8 Å². The molecule has 0 aliphatic carbocycles. The number of nitrogens with zero attached hydrogens (tertiary/aromatic N) is 2. The van der Waals surface area contributed by atoms with Gasteiger partial charge in [0.1, 0.15) is 0 Å².